The van der Waals surface area contributed by atoms with E-state index in [2.05, 4.69) is 9.97 Å². The first-order valence-electron chi connectivity index (χ1n) is 8.54. The minimum absolute atomic E-state index is 0.0570. The quantitative estimate of drug-likeness (QED) is 0.667. The molecule has 0 spiro atoms. The van der Waals surface area contributed by atoms with Crippen LogP contribution in [0.5, 0.6) is 5.75 Å². The maximum Gasteiger partial charge on any atom is 0.389 e. The van der Waals surface area contributed by atoms with E-state index < -0.39 is 18.6 Å². The number of carbonyl (C=O) groups excluding carboxylic acids is 1. The zero-order valence-corrected chi connectivity index (χ0v) is 15.6. The van der Waals surface area contributed by atoms with Crippen molar-refractivity contribution in [1.29, 1.82) is 5.26 Å². The first-order valence-corrected chi connectivity index (χ1v) is 8.54. The Morgan fingerprint density at radius 3 is 2.61 bits per heavy atom. The molecule has 2 aromatic rings. The van der Waals surface area contributed by atoms with E-state index in [9.17, 15) is 23.2 Å². The van der Waals surface area contributed by atoms with E-state index in [-0.39, 0.29) is 35.9 Å². The van der Waals surface area contributed by atoms with Crippen LogP contribution in [0.15, 0.2) is 12.3 Å². The number of alkyl halides is 3. The Kier molecular flexibility index (Phi) is 6.62. The number of pyridine rings is 1. The number of methoxy groups -OCH3 is 1. The lowest BCUT2D eigenvalue weighted by Gasteiger charge is -2.14. The number of nitriles is 1. The van der Waals surface area contributed by atoms with Crippen molar-refractivity contribution in [2.45, 2.75) is 39.3 Å². The van der Waals surface area contributed by atoms with E-state index in [0.717, 1.165) is 0 Å². The van der Waals surface area contributed by atoms with Crippen LogP contribution in [0.1, 0.15) is 48.0 Å². The van der Waals surface area contributed by atoms with Gasteiger partial charge >= 0.3 is 12.1 Å². The maximum atomic E-state index is 12.5. The molecule has 2 aromatic heterocycles. The van der Waals surface area contributed by atoms with Gasteiger partial charge in [-0.3, -0.25) is 9.55 Å². The van der Waals surface area contributed by atoms with Gasteiger partial charge in [0, 0.05) is 24.6 Å². The molecule has 0 saturated carbocycles. The third kappa shape index (κ3) is 4.60. The van der Waals surface area contributed by atoms with Gasteiger partial charge in [-0.05, 0) is 13.3 Å². The molecule has 2 rings (SSSR count). The Bertz CT molecular complexity index is 901. The van der Waals surface area contributed by atoms with Crippen molar-refractivity contribution < 1.29 is 27.4 Å². The average Bonchev–Trinajstić information content (AvgIpc) is 3.04. The van der Waals surface area contributed by atoms with Gasteiger partial charge in [-0.15, -0.1) is 0 Å². The van der Waals surface area contributed by atoms with E-state index in [4.69, 9.17) is 9.47 Å². The van der Waals surface area contributed by atoms with Gasteiger partial charge < -0.3 is 9.47 Å². The average molecular weight is 396 g/mol. The number of carbonyl (C=O) groups is 1. The second-order valence-electron chi connectivity index (χ2n) is 5.71. The molecule has 0 aliphatic carbocycles. The highest BCUT2D eigenvalue weighted by Crippen LogP contribution is 2.29. The second-order valence-corrected chi connectivity index (χ2v) is 5.71. The Hall–Kier alpha value is -3.09. The molecule has 7 nitrogen and oxygen atoms in total. The van der Waals surface area contributed by atoms with Crippen molar-refractivity contribution in [2.75, 3.05) is 13.7 Å². The topological polar surface area (TPSA) is 90.0 Å². The van der Waals surface area contributed by atoms with Crippen LogP contribution in [0.25, 0.3) is 5.69 Å². The van der Waals surface area contributed by atoms with Gasteiger partial charge in [-0.2, -0.15) is 18.4 Å². The Morgan fingerprint density at radius 2 is 2.07 bits per heavy atom. The lowest BCUT2D eigenvalue weighted by atomic mass is 10.2. The molecule has 0 atom stereocenters. The van der Waals surface area contributed by atoms with Crippen LogP contribution in [0.4, 0.5) is 13.2 Å². The molecule has 0 bridgehead atoms. The molecule has 10 heteroatoms. The molecule has 0 unspecified atom stereocenters. The number of aromatic nitrogens is 3. The number of rotatable bonds is 7. The first kappa shape index (κ1) is 21.2. The monoisotopic (exact) mass is 396 g/mol. The Morgan fingerprint density at radius 1 is 1.36 bits per heavy atom. The molecule has 0 radical (unpaired) electrons. The van der Waals surface area contributed by atoms with Gasteiger partial charge in [0.05, 0.1) is 19.9 Å². The van der Waals surface area contributed by atoms with Crippen molar-refractivity contribution in [3.05, 3.63) is 35.2 Å². The highest BCUT2D eigenvalue weighted by Gasteiger charge is 2.28. The van der Waals surface area contributed by atoms with Gasteiger partial charge in [-0.1, -0.05) is 6.92 Å². The van der Waals surface area contributed by atoms with E-state index in [1.165, 1.54) is 23.9 Å². The summed E-state index contributed by atoms with van der Waals surface area (Å²) in [6.45, 7) is 3.54. The highest BCUT2D eigenvalue weighted by molar-refractivity contribution is 5.90. The van der Waals surface area contributed by atoms with Crippen molar-refractivity contribution in [2.24, 2.45) is 0 Å². The molecule has 0 aliphatic rings. The predicted octanol–water partition coefficient (Wildman–Crippen LogP) is 3.38. The van der Waals surface area contributed by atoms with Crippen molar-refractivity contribution in [1.82, 2.24) is 14.5 Å². The molecule has 0 N–H and O–H groups in total. The van der Waals surface area contributed by atoms with Crippen LogP contribution < -0.4 is 4.74 Å². The maximum absolute atomic E-state index is 12.5. The van der Waals surface area contributed by atoms with E-state index in [0.29, 0.717) is 17.9 Å². The predicted molar refractivity (Wildman–Crippen MR) is 92.3 cm³/mol. The van der Waals surface area contributed by atoms with Gasteiger partial charge in [0.25, 0.3) is 0 Å². The molecule has 0 saturated heterocycles. The summed E-state index contributed by atoms with van der Waals surface area (Å²) in [4.78, 5) is 20.4. The number of hydrogen-bond acceptors (Lipinski definition) is 6. The number of hydrogen-bond donors (Lipinski definition) is 0. The third-order valence-corrected chi connectivity index (χ3v) is 3.87. The van der Waals surface area contributed by atoms with E-state index >= 15 is 0 Å². The van der Waals surface area contributed by atoms with Crippen LogP contribution in [-0.4, -0.2) is 40.4 Å². The minimum Gasteiger partial charge on any atom is -0.494 e. The number of halogens is 3. The highest BCUT2D eigenvalue weighted by atomic mass is 19.4. The summed E-state index contributed by atoms with van der Waals surface area (Å²) in [6, 6.07) is 3.32. The molecule has 150 valence electrons. The van der Waals surface area contributed by atoms with Gasteiger partial charge in [0.2, 0.25) is 0 Å². The normalized spacial score (nSPS) is 11.2. The van der Waals surface area contributed by atoms with Gasteiger partial charge in [0.15, 0.2) is 11.4 Å². The fourth-order valence-electron chi connectivity index (χ4n) is 2.62. The number of ether oxygens (including phenoxy) is 2. The van der Waals surface area contributed by atoms with Gasteiger partial charge in [-0.25, -0.2) is 9.78 Å². The number of nitrogens with zero attached hydrogens (tertiary/aromatic N) is 4. The van der Waals surface area contributed by atoms with Crippen molar-refractivity contribution >= 4 is 5.97 Å². The van der Waals surface area contributed by atoms with Crippen LogP contribution in [0.3, 0.4) is 0 Å². The number of aryl methyl sites for hydroxylation is 2. The largest absolute Gasteiger partial charge is 0.494 e. The smallest absolute Gasteiger partial charge is 0.389 e. The lowest BCUT2D eigenvalue weighted by molar-refractivity contribution is -0.134. The molecule has 0 aromatic carbocycles. The number of imidazole rings is 1. The lowest BCUT2D eigenvalue weighted by Crippen LogP contribution is -2.11. The molecule has 28 heavy (non-hydrogen) atoms. The zero-order chi connectivity index (χ0) is 20.9. The van der Waals surface area contributed by atoms with Crippen molar-refractivity contribution in [3.63, 3.8) is 0 Å². The van der Waals surface area contributed by atoms with Crippen LogP contribution in [0.2, 0.25) is 0 Å². The fraction of sp³-hybridized carbons (Fsp3) is 0.444. The summed E-state index contributed by atoms with van der Waals surface area (Å²) >= 11 is 0. The number of esters is 1. The van der Waals surface area contributed by atoms with Crippen LogP contribution in [0, 0.1) is 11.3 Å². The summed E-state index contributed by atoms with van der Waals surface area (Å²) in [7, 11) is 1.35. The summed E-state index contributed by atoms with van der Waals surface area (Å²) in [5.41, 5.74) is 0.303. The van der Waals surface area contributed by atoms with Crippen LogP contribution in [-0.2, 0) is 17.6 Å². The minimum atomic E-state index is -4.30. The standard InChI is InChI=1S/C18H19F3N4O3/c1-4-15-24-16(17(26)28-5-2)12(9-22)25(15)13-10-23-11(8-14(13)27-3)6-7-18(19,20)21/h8,10H,4-7H2,1-3H3. The molecule has 0 amide bonds. The zero-order valence-electron chi connectivity index (χ0n) is 15.6. The summed E-state index contributed by atoms with van der Waals surface area (Å²) in [5.74, 6) is -0.129. The second kappa shape index (κ2) is 8.73. The molecular weight excluding hydrogens is 377 g/mol. The molecule has 0 aliphatic heterocycles. The summed E-state index contributed by atoms with van der Waals surface area (Å²) < 4.78 is 49.0. The fourth-order valence-corrected chi connectivity index (χ4v) is 2.62. The molecule has 2 heterocycles. The Balaban J connectivity index is 2.54. The summed E-state index contributed by atoms with van der Waals surface area (Å²) in [6.07, 6.45) is -3.92. The molecular formula is C18H19F3N4O3. The SMILES string of the molecule is CCOC(=O)c1nc(CC)n(-c2cnc(CCC(F)(F)F)cc2OC)c1C#N. The third-order valence-electron chi connectivity index (χ3n) is 3.87. The van der Waals surface area contributed by atoms with Crippen LogP contribution >= 0.6 is 0 Å². The first-order chi connectivity index (χ1) is 13.3. The van der Waals surface area contributed by atoms with Crippen molar-refractivity contribution in [3.8, 4) is 17.5 Å². The van der Waals surface area contributed by atoms with E-state index in [1.54, 1.807) is 13.8 Å². The van der Waals surface area contributed by atoms with E-state index in [1.807, 2.05) is 6.07 Å². The summed E-state index contributed by atoms with van der Waals surface area (Å²) in [5, 5.41) is 9.57. The van der Waals surface area contributed by atoms with Gasteiger partial charge in [0.1, 0.15) is 23.3 Å². The molecule has 0 fully saturated rings. The Labute approximate surface area is 159 Å².